The van der Waals surface area contributed by atoms with Crippen LogP contribution >= 0.6 is 23.6 Å². The maximum Gasteiger partial charge on any atom is 0.204 e. The summed E-state index contributed by atoms with van der Waals surface area (Å²) >= 11 is 6.31. The van der Waals surface area contributed by atoms with Crippen LogP contribution in [0.25, 0.3) is 0 Å². The number of hydrogen-bond acceptors (Lipinski definition) is 5. The number of H-pyrrole nitrogens is 1. The third kappa shape index (κ3) is 4.35. The molecule has 0 amide bonds. The molecule has 0 bridgehead atoms. The smallest absolute Gasteiger partial charge is 0.204 e. The van der Waals surface area contributed by atoms with Crippen LogP contribution in [0.1, 0.15) is 13.8 Å². The largest absolute Gasteiger partial charge is 0.377 e. The maximum atomic E-state index is 5.35. The lowest BCUT2D eigenvalue weighted by atomic mass is 10.5. The first-order chi connectivity index (χ1) is 6.18. The number of hydrogen-bond donors (Lipinski definition) is 2. The predicted octanol–water partition coefficient (Wildman–Crippen LogP) is 2.04. The van der Waals surface area contributed by atoms with Crippen molar-refractivity contribution >= 4 is 28.7 Å². The summed E-state index contributed by atoms with van der Waals surface area (Å²) in [6, 6.07) is 0. The summed E-state index contributed by atoms with van der Waals surface area (Å²) in [4.78, 5) is 0. The van der Waals surface area contributed by atoms with Crippen LogP contribution in [0.2, 0.25) is 0 Å². The molecule has 1 heterocycles. The molecule has 0 aliphatic heterocycles. The zero-order valence-corrected chi connectivity index (χ0v) is 9.30. The highest BCUT2D eigenvalue weighted by atomic mass is 32.1. The Morgan fingerprint density at radius 3 is 3.00 bits per heavy atom. The Morgan fingerprint density at radius 1 is 1.69 bits per heavy atom. The molecule has 1 aromatic rings. The van der Waals surface area contributed by atoms with E-state index in [1.54, 1.807) is 0 Å². The van der Waals surface area contributed by atoms with Gasteiger partial charge in [-0.25, -0.2) is 0 Å². The van der Waals surface area contributed by atoms with E-state index in [9.17, 15) is 0 Å². The quantitative estimate of drug-likeness (QED) is 0.588. The summed E-state index contributed by atoms with van der Waals surface area (Å²) in [5.74, 6) is 0. The number of ether oxygens (including phenoxy) is 1. The van der Waals surface area contributed by atoms with Crippen LogP contribution < -0.4 is 5.32 Å². The van der Waals surface area contributed by atoms with Crippen LogP contribution in [0.15, 0.2) is 0 Å². The lowest BCUT2D eigenvalue weighted by Gasteiger charge is -2.06. The molecular formula is C7H13N3OS2. The van der Waals surface area contributed by atoms with Crippen molar-refractivity contribution in [2.75, 3.05) is 18.5 Å². The first kappa shape index (κ1) is 10.6. The van der Waals surface area contributed by atoms with Gasteiger partial charge >= 0.3 is 0 Å². The molecule has 0 aliphatic rings. The SMILES string of the molecule is CC(C)OCCNc1n[nH]c(=S)s1. The van der Waals surface area contributed by atoms with Gasteiger partial charge in [-0.05, 0) is 26.1 Å². The van der Waals surface area contributed by atoms with E-state index < -0.39 is 0 Å². The Bertz CT molecular complexity index is 294. The standard InChI is InChI=1S/C7H13N3OS2/c1-5(2)11-4-3-8-6-9-10-7(12)13-6/h5H,3-4H2,1-2H3,(H,8,9)(H,10,12). The van der Waals surface area contributed by atoms with E-state index in [-0.39, 0.29) is 6.10 Å². The first-order valence-corrected chi connectivity index (χ1v) is 5.32. The van der Waals surface area contributed by atoms with Gasteiger partial charge in [0.05, 0.1) is 12.7 Å². The second kappa shape index (κ2) is 5.31. The molecule has 2 N–H and O–H groups in total. The Labute approximate surface area is 86.3 Å². The molecule has 0 fully saturated rings. The fraction of sp³-hybridized carbons (Fsp3) is 0.714. The molecule has 0 saturated heterocycles. The topological polar surface area (TPSA) is 49.9 Å². The van der Waals surface area contributed by atoms with Gasteiger partial charge < -0.3 is 10.1 Å². The minimum atomic E-state index is 0.277. The van der Waals surface area contributed by atoms with Crippen LogP contribution in [-0.2, 0) is 4.74 Å². The molecule has 13 heavy (non-hydrogen) atoms. The van der Waals surface area contributed by atoms with Crippen LogP contribution in [0, 0.1) is 3.95 Å². The van der Waals surface area contributed by atoms with Gasteiger partial charge in [-0.1, -0.05) is 11.3 Å². The van der Waals surface area contributed by atoms with E-state index in [0.717, 1.165) is 11.7 Å². The summed E-state index contributed by atoms with van der Waals surface area (Å²) in [6.07, 6.45) is 0.277. The van der Waals surface area contributed by atoms with Crippen molar-refractivity contribution in [1.29, 1.82) is 0 Å². The van der Waals surface area contributed by atoms with Gasteiger partial charge in [0, 0.05) is 6.54 Å². The Morgan fingerprint density at radius 2 is 2.46 bits per heavy atom. The Balaban J connectivity index is 2.17. The molecule has 74 valence electrons. The molecule has 0 saturated carbocycles. The highest BCUT2D eigenvalue weighted by Gasteiger charge is 1.96. The van der Waals surface area contributed by atoms with E-state index in [1.165, 1.54) is 11.3 Å². The normalized spacial score (nSPS) is 10.7. The highest BCUT2D eigenvalue weighted by Crippen LogP contribution is 2.09. The minimum Gasteiger partial charge on any atom is -0.377 e. The molecule has 0 unspecified atom stereocenters. The van der Waals surface area contributed by atoms with Crippen molar-refractivity contribution in [2.24, 2.45) is 0 Å². The second-order valence-electron chi connectivity index (χ2n) is 2.76. The van der Waals surface area contributed by atoms with E-state index >= 15 is 0 Å². The molecule has 4 nitrogen and oxygen atoms in total. The average molecular weight is 219 g/mol. The van der Waals surface area contributed by atoms with E-state index in [0.29, 0.717) is 10.6 Å². The first-order valence-electron chi connectivity index (χ1n) is 4.09. The van der Waals surface area contributed by atoms with Crippen molar-refractivity contribution in [3.63, 3.8) is 0 Å². The molecular weight excluding hydrogens is 206 g/mol. The fourth-order valence-electron chi connectivity index (χ4n) is 0.758. The van der Waals surface area contributed by atoms with Crippen molar-refractivity contribution in [1.82, 2.24) is 10.2 Å². The van der Waals surface area contributed by atoms with Crippen LogP contribution in [-0.4, -0.2) is 29.5 Å². The summed E-state index contributed by atoms with van der Waals surface area (Å²) < 4.78 is 6.04. The van der Waals surface area contributed by atoms with Crippen molar-refractivity contribution in [3.05, 3.63) is 3.95 Å². The van der Waals surface area contributed by atoms with E-state index in [2.05, 4.69) is 15.5 Å². The van der Waals surface area contributed by atoms with Crippen LogP contribution in [0.4, 0.5) is 5.13 Å². The Hall–Kier alpha value is -0.460. The molecule has 0 radical (unpaired) electrons. The number of rotatable bonds is 5. The number of aromatic nitrogens is 2. The molecule has 1 rings (SSSR count). The maximum absolute atomic E-state index is 5.35. The summed E-state index contributed by atoms with van der Waals surface area (Å²) in [5.41, 5.74) is 0. The molecule has 0 aromatic carbocycles. The number of anilines is 1. The van der Waals surface area contributed by atoms with Crippen LogP contribution in [0.3, 0.4) is 0 Å². The molecule has 6 heteroatoms. The van der Waals surface area contributed by atoms with Gasteiger partial charge in [0.2, 0.25) is 5.13 Å². The van der Waals surface area contributed by atoms with E-state index in [1.807, 2.05) is 13.8 Å². The average Bonchev–Trinajstić information content (AvgIpc) is 2.45. The molecule has 0 atom stereocenters. The van der Waals surface area contributed by atoms with Gasteiger partial charge in [-0.3, -0.25) is 5.10 Å². The van der Waals surface area contributed by atoms with Crippen LogP contribution in [0.5, 0.6) is 0 Å². The van der Waals surface area contributed by atoms with Crippen molar-refractivity contribution in [3.8, 4) is 0 Å². The molecule has 1 aromatic heterocycles. The minimum absolute atomic E-state index is 0.277. The predicted molar refractivity (Wildman–Crippen MR) is 56.9 cm³/mol. The van der Waals surface area contributed by atoms with Gasteiger partial charge in [0.25, 0.3) is 0 Å². The third-order valence-electron chi connectivity index (χ3n) is 1.27. The van der Waals surface area contributed by atoms with Crippen molar-refractivity contribution in [2.45, 2.75) is 20.0 Å². The lowest BCUT2D eigenvalue weighted by Crippen LogP contribution is -2.12. The van der Waals surface area contributed by atoms with Gasteiger partial charge in [0.1, 0.15) is 0 Å². The Kier molecular flexibility index (Phi) is 4.34. The zero-order valence-electron chi connectivity index (χ0n) is 7.66. The zero-order chi connectivity index (χ0) is 9.68. The monoisotopic (exact) mass is 219 g/mol. The summed E-state index contributed by atoms with van der Waals surface area (Å²) in [7, 11) is 0. The lowest BCUT2D eigenvalue weighted by molar-refractivity contribution is 0.0870. The second-order valence-corrected chi connectivity index (χ2v) is 4.43. The fourth-order valence-corrected chi connectivity index (χ4v) is 1.57. The summed E-state index contributed by atoms with van der Waals surface area (Å²) in [6.45, 7) is 5.47. The number of nitrogens with one attached hydrogen (secondary N) is 2. The van der Waals surface area contributed by atoms with Gasteiger partial charge in [-0.2, -0.15) is 0 Å². The highest BCUT2D eigenvalue weighted by molar-refractivity contribution is 7.73. The van der Waals surface area contributed by atoms with E-state index in [4.69, 9.17) is 17.0 Å². The summed E-state index contributed by atoms with van der Waals surface area (Å²) in [5, 5.41) is 10.6. The van der Waals surface area contributed by atoms with Crippen molar-refractivity contribution < 1.29 is 4.74 Å². The number of nitrogens with zero attached hydrogens (tertiary/aromatic N) is 1. The molecule has 0 aliphatic carbocycles. The van der Waals surface area contributed by atoms with Gasteiger partial charge in [-0.15, -0.1) is 5.10 Å². The van der Waals surface area contributed by atoms with Gasteiger partial charge in [0.15, 0.2) is 3.95 Å². The third-order valence-corrected chi connectivity index (χ3v) is 2.31. The number of aromatic amines is 1. The molecule has 0 spiro atoms.